The minimum Gasteiger partial charge on any atom is -0.489 e. The van der Waals surface area contributed by atoms with Gasteiger partial charge in [0.25, 0.3) is 0 Å². The van der Waals surface area contributed by atoms with Crippen LogP contribution in [0.2, 0.25) is 5.02 Å². The van der Waals surface area contributed by atoms with Crippen molar-refractivity contribution in [2.75, 3.05) is 32.8 Å². The van der Waals surface area contributed by atoms with Gasteiger partial charge in [0.05, 0.1) is 18.2 Å². The molecule has 0 amide bonds. The molecule has 4 nitrogen and oxygen atoms in total. The molecule has 1 N–H and O–H groups in total. The SMILES string of the molecule is CCCN(Cc1cc(Cl)c2c(c1)OCCCO2)C1CCNC1.Cl. The van der Waals surface area contributed by atoms with Crippen molar-refractivity contribution in [2.45, 2.75) is 38.8 Å². The Morgan fingerprint density at radius 2 is 2.13 bits per heavy atom. The molecule has 0 aromatic heterocycles. The molecule has 2 aliphatic heterocycles. The van der Waals surface area contributed by atoms with Crippen molar-refractivity contribution in [3.8, 4) is 11.5 Å². The number of benzene rings is 1. The first kappa shape index (κ1) is 18.7. The van der Waals surface area contributed by atoms with E-state index >= 15 is 0 Å². The van der Waals surface area contributed by atoms with Crippen LogP contribution < -0.4 is 14.8 Å². The Labute approximate surface area is 149 Å². The lowest BCUT2D eigenvalue weighted by molar-refractivity contribution is 0.199. The molecule has 1 aromatic carbocycles. The Hall–Kier alpha value is -0.680. The number of hydrogen-bond acceptors (Lipinski definition) is 4. The molecule has 2 heterocycles. The van der Waals surface area contributed by atoms with Crippen LogP contribution in [-0.2, 0) is 6.54 Å². The van der Waals surface area contributed by atoms with Crippen LogP contribution in [0, 0.1) is 0 Å². The molecule has 0 radical (unpaired) electrons. The van der Waals surface area contributed by atoms with Crippen LogP contribution in [0.15, 0.2) is 12.1 Å². The van der Waals surface area contributed by atoms with Crippen LogP contribution in [0.3, 0.4) is 0 Å². The Morgan fingerprint density at radius 3 is 2.87 bits per heavy atom. The second-order valence-electron chi connectivity index (χ2n) is 6.07. The molecular formula is C17H26Cl2N2O2. The minimum absolute atomic E-state index is 0. The summed E-state index contributed by atoms with van der Waals surface area (Å²) in [5.74, 6) is 1.49. The zero-order chi connectivity index (χ0) is 15.4. The normalized spacial score (nSPS) is 20.2. The highest BCUT2D eigenvalue weighted by Crippen LogP contribution is 2.38. The molecular weight excluding hydrogens is 335 g/mol. The predicted molar refractivity (Wildman–Crippen MR) is 96.3 cm³/mol. The van der Waals surface area contributed by atoms with E-state index in [0.29, 0.717) is 30.0 Å². The zero-order valence-electron chi connectivity index (χ0n) is 13.6. The van der Waals surface area contributed by atoms with Crippen molar-refractivity contribution in [3.63, 3.8) is 0 Å². The molecule has 130 valence electrons. The summed E-state index contributed by atoms with van der Waals surface area (Å²) in [4.78, 5) is 2.55. The molecule has 0 aliphatic carbocycles. The van der Waals surface area contributed by atoms with E-state index in [9.17, 15) is 0 Å². The first-order chi connectivity index (χ1) is 10.8. The van der Waals surface area contributed by atoms with Gasteiger partial charge in [-0.1, -0.05) is 18.5 Å². The van der Waals surface area contributed by atoms with Crippen molar-refractivity contribution in [3.05, 3.63) is 22.7 Å². The maximum absolute atomic E-state index is 6.40. The van der Waals surface area contributed by atoms with Crippen molar-refractivity contribution >= 4 is 24.0 Å². The maximum atomic E-state index is 6.40. The van der Waals surface area contributed by atoms with Gasteiger partial charge < -0.3 is 14.8 Å². The average molecular weight is 361 g/mol. The molecule has 0 spiro atoms. The zero-order valence-corrected chi connectivity index (χ0v) is 15.2. The van der Waals surface area contributed by atoms with Gasteiger partial charge in [-0.05, 0) is 43.6 Å². The molecule has 2 aliphatic rings. The third kappa shape index (κ3) is 4.66. The summed E-state index contributed by atoms with van der Waals surface area (Å²) >= 11 is 6.40. The van der Waals surface area contributed by atoms with Gasteiger partial charge in [-0.25, -0.2) is 0 Å². The van der Waals surface area contributed by atoms with Crippen molar-refractivity contribution in [2.24, 2.45) is 0 Å². The van der Waals surface area contributed by atoms with Crippen molar-refractivity contribution in [1.29, 1.82) is 0 Å². The molecule has 3 rings (SSSR count). The number of nitrogens with zero attached hydrogens (tertiary/aromatic N) is 1. The number of ether oxygens (including phenoxy) is 2. The number of rotatable bonds is 5. The van der Waals surface area contributed by atoms with Gasteiger partial charge in [0.1, 0.15) is 0 Å². The lowest BCUT2D eigenvalue weighted by atomic mass is 10.1. The van der Waals surface area contributed by atoms with Crippen molar-refractivity contribution < 1.29 is 9.47 Å². The number of fused-ring (bicyclic) bond motifs is 1. The number of nitrogens with one attached hydrogen (secondary N) is 1. The van der Waals surface area contributed by atoms with E-state index in [1.54, 1.807) is 0 Å². The van der Waals surface area contributed by atoms with Gasteiger partial charge in [-0.2, -0.15) is 0 Å². The summed E-state index contributed by atoms with van der Waals surface area (Å²) in [6.07, 6.45) is 3.28. The molecule has 23 heavy (non-hydrogen) atoms. The number of halogens is 2. The Kier molecular flexibility index (Phi) is 7.28. The Bertz CT molecular complexity index is 508. The molecule has 6 heteroatoms. The predicted octanol–water partition coefficient (Wildman–Crippen LogP) is 3.50. The second-order valence-corrected chi connectivity index (χ2v) is 6.48. The smallest absolute Gasteiger partial charge is 0.179 e. The highest BCUT2D eigenvalue weighted by atomic mass is 35.5. The summed E-state index contributed by atoms with van der Waals surface area (Å²) in [6.45, 7) is 7.82. The highest BCUT2D eigenvalue weighted by molar-refractivity contribution is 6.32. The fourth-order valence-corrected chi connectivity index (χ4v) is 3.53. The second kappa shape index (κ2) is 8.97. The van der Waals surface area contributed by atoms with E-state index in [0.717, 1.165) is 44.8 Å². The molecule has 1 saturated heterocycles. The van der Waals surface area contributed by atoms with Crippen LogP contribution >= 0.6 is 24.0 Å². The maximum Gasteiger partial charge on any atom is 0.179 e. The van der Waals surface area contributed by atoms with Gasteiger partial charge >= 0.3 is 0 Å². The molecule has 1 aromatic rings. The van der Waals surface area contributed by atoms with E-state index in [1.807, 2.05) is 6.07 Å². The first-order valence-electron chi connectivity index (χ1n) is 8.30. The quantitative estimate of drug-likeness (QED) is 0.871. The van der Waals surface area contributed by atoms with Crippen LogP contribution in [-0.4, -0.2) is 43.8 Å². The first-order valence-corrected chi connectivity index (χ1v) is 8.68. The fourth-order valence-electron chi connectivity index (χ4n) is 3.24. The fraction of sp³-hybridized carbons (Fsp3) is 0.647. The van der Waals surface area contributed by atoms with Gasteiger partial charge in [-0.15, -0.1) is 12.4 Å². The minimum atomic E-state index is 0. The van der Waals surface area contributed by atoms with Gasteiger partial charge in [0.2, 0.25) is 0 Å². The highest BCUT2D eigenvalue weighted by Gasteiger charge is 2.23. The number of hydrogen-bond donors (Lipinski definition) is 1. The summed E-state index contributed by atoms with van der Waals surface area (Å²) < 4.78 is 11.5. The van der Waals surface area contributed by atoms with E-state index < -0.39 is 0 Å². The standard InChI is InChI=1S/C17H25ClN2O2.ClH/c1-2-6-20(14-4-5-19-11-14)12-13-9-15(18)17-16(10-13)21-7-3-8-22-17;/h9-10,14,19H,2-8,11-12H2,1H3;1H. The van der Waals surface area contributed by atoms with Crippen LogP contribution in [0.25, 0.3) is 0 Å². The summed E-state index contributed by atoms with van der Waals surface area (Å²) in [7, 11) is 0. The summed E-state index contributed by atoms with van der Waals surface area (Å²) in [5.41, 5.74) is 1.20. The van der Waals surface area contributed by atoms with Gasteiger partial charge in [0, 0.05) is 25.6 Å². The van der Waals surface area contributed by atoms with E-state index in [4.69, 9.17) is 21.1 Å². The molecule has 1 fully saturated rings. The van der Waals surface area contributed by atoms with Crippen molar-refractivity contribution in [1.82, 2.24) is 10.2 Å². The lowest BCUT2D eigenvalue weighted by Gasteiger charge is -2.28. The molecule has 0 saturated carbocycles. The van der Waals surface area contributed by atoms with Crippen LogP contribution in [0.1, 0.15) is 31.7 Å². The topological polar surface area (TPSA) is 33.7 Å². The average Bonchev–Trinajstić information content (AvgIpc) is 2.93. The molecule has 1 unspecified atom stereocenters. The van der Waals surface area contributed by atoms with Crippen LogP contribution in [0.5, 0.6) is 11.5 Å². The van der Waals surface area contributed by atoms with Crippen LogP contribution in [0.4, 0.5) is 0 Å². The third-order valence-electron chi connectivity index (χ3n) is 4.31. The Morgan fingerprint density at radius 1 is 1.30 bits per heavy atom. The van der Waals surface area contributed by atoms with E-state index in [2.05, 4.69) is 23.2 Å². The van der Waals surface area contributed by atoms with Gasteiger partial charge in [-0.3, -0.25) is 4.90 Å². The summed E-state index contributed by atoms with van der Waals surface area (Å²) in [6, 6.07) is 4.74. The largest absolute Gasteiger partial charge is 0.489 e. The van der Waals surface area contributed by atoms with Gasteiger partial charge in [0.15, 0.2) is 11.5 Å². The van der Waals surface area contributed by atoms with E-state index in [1.165, 1.54) is 12.0 Å². The lowest BCUT2D eigenvalue weighted by Crippen LogP contribution is -2.36. The molecule has 1 atom stereocenters. The van der Waals surface area contributed by atoms with E-state index in [-0.39, 0.29) is 12.4 Å². The molecule has 0 bridgehead atoms. The summed E-state index contributed by atoms with van der Waals surface area (Å²) in [5, 5.41) is 4.12. The monoisotopic (exact) mass is 360 g/mol. The Balaban J connectivity index is 0.00000192. The third-order valence-corrected chi connectivity index (χ3v) is 4.59.